The quantitative estimate of drug-likeness (QED) is 0.889. The lowest BCUT2D eigenvalue weighted by Crippen LogP contribution is -2.25. The zero-order valence-electron chi connectivity index (χ0n) is 11.4. The number of aryl methyl sites for hydroxylation is 1. The van der Waals surface area contributed by atoms with Gasteiger partial charge in [-0.15, -0.1) is 0 Å². The van der Waals surface area contributed by atoms with Crippen molar-refractivity contribution >= 4 is 23.2 Å². The molecule has 0 radical (unpaired) electrons. The SMILES string of the molecule is CCCn1cc(N)cc1C(=O)NCc1ccccc1Cl. The maximum absolute atomic E-state index is 12.2. The molecular weight excluding hydrogens is 274 g/mol. The van der Waals surface area contributed by atoms with Gasteiger partial charge in [0.1, 0.15) is 5.69 Å². The van der Waals surface area contributed by atoms with Crippen molar-refractivity contribution in [2.75, 3.05) is 5.73 Å². The molecule has 2 rings (SSSR count). The maximum atomic E-state index is 12.2. The number of amides is 1. The number of benzene rings is 1. The molecule has 0 aliphatic rings. The molecule has 0 unspecified atom stereocenters. The van der Waals surface area contributed by atoms with Gasteiger partial charge in [-0.2, -0.15) is 0 Å². The molecule has 0 saturated heterocycles. The lowest BCUT2D eigenvalue weighted by Gasteiger charge is -2.09. The monoisotopic (exact) mass is 291 g/mol. The first kappa shape index (κ1) is 14.5. The minimum absolute atomic E-state index is 0.143. The van der Waals surface area contributed by atoms with Gasteiger partial charge in [-0.05, 0) is 24.1 Å². The summed E-state index contributed by atoms with van der Waals surface area (Å²) in [7, 11) is 0. The number of nitrogen functional groups attached to an aromatic ring is 1. The molecule has 2 aromatic rings. The van der Waals surface area contributed by atoms with Crippen LogP contribution in [0.3, 0.4) is 0 Å². The zero-order valence-corrected chi connectivity index (χ0v) is 12.2. The molecule has 0 aliphatic carbocycles. The van der Waals surface area contributed by atoms with Crippen LogP contribution in [0.15, 0.2) is 36.5 Å². The van der Waals surface area contributed by atoms with Gasteiger partial charge in [-0.25, -0.2) is 0 Å². The van der Waals surface area contributed by atoms with Crippen molar-refractivity contribution in [3.8, 4) is 0 Å². The summed E-state index contributed by atoms with van der Waals surface area (Å²) in [6.45, 7) is 3.23. The normalized spacial score (nSPS) is 10.5. The van der Waals surface area contributed by atoms with Crippen LogP contribution < -0.4 is 11.1 Å². The molecule has 0 fully saturated rings. The fraction of sp³-hybridized carbons (Fsp3) is 0.267. The Morgan fingerprint density at radius 1 is 1.40 bits per heavy atom. The van der Waals surface area contributed by atoms with E-state index in [0.717, 1.165) is 18.5 Å². The third kappa shape index (κ3) is 3.33. The van der Waals surface area contributed by atoms with Crippen molar-refractivity contribution in [3.63, 3.8) is 0 Å². The lowest BCUT2D eigenvalue weighted by atomic mass is 10.2. The Kier molecular flexibility index (Phi) is 4.69. The smallest absolute Gasteiger partial charge is 0.268 e. The highest BCUT2D eigenvalue weighted by Crippen LogP contribution is 2.15. The standard InChI is InChI=1S/C15H18ClN3O/c1-2-7-19-10-12(17)8-14(19)15(20)18-9-11-5-3-4-6-13(11)16/h3-6,8,10H,2,7,9,17H2,1H3,(H,18,20). The number of anilines is 1. The second kappa shape index (κ2) is 6.48. The minimum Gasteiger partial charge on any atom is -0.397 e. The Labute approximate surface area is 123 Å². The number of carbonyl (C=O) groups excluding carboxylic acids is 1. The maximum Gasteiger partial charge on any atom is 0.268 e. The van der Waals surface area contributed by atoms with E-state index in [9.17, 15) is 4.79 Å². The average Bonchev–Trinajstić information content (AvgIpc) is 2.79. The molecule has 1 aromatic heterocycles. The van der Waals surface area contributed by atoms with E-state index in [0.29, 0.717) is 22.9 Å². The predicted octanol–water partition coefficient (Wildman–Crippen LogP) is 3.06. The van der Waals surface area contributed by atoms with E-state index in [-0.39, 0.29) is 5.91 Å². The molecule has 20 heavy (non-hydrogen) atoms. The van der Waals surface area contributed by atoms with Gasteiger partial charge >= 0.3 is 0 Å². The van der Waals surface area contributed by atoms with Crippen molar-refractivity contribution in [1.29, 1.82) is 0 Å². The molecule has 5 heteroatoms. The summed E-state index contributed by atoms with van der Waals surface area (Å²) in [5.74, 6) is -0.143. The van der Waals surface area contributed by atoms with Gasteiger partial charge in [0.15, 0.2) is 0 Å². The highest BCUT2D eigenvalue weighted by atomic mass is 35.5. The van der Waals surface area contributed by atoms with Crippen LogP contribution >= 0.6 is 11.6 Å². The van der Waals surface area contributed by atoms with Gasteiger partial charge in [0.2, 0.25) is 0 Å². The van der Waals surface area contributed by atoms with Gasteiger partial charge in [0.05, 0.1) is 5.69 Å². The predicted molar refractivity (Wildman–Crippen MR) is 81.8 cm³/mol. The van der Waals surface area contributed by atoms with Crippen LogP contribution in [0.25, 0.3) is 0 Å². The third-order valence-electron chi connectivity index (χ3n) is 3.01. The number of nitrogens with one attached hydrogen (secondary N) is 1. The van der Waals surface area contributed by atoms with Crippen LogP contribution in [0.4, 0.5) is 5.69 Å². The number of hydrogen-bond acceptors (Lipinski definition) is 2. The second-order valence-corrected chi connectivity index (χ2v) is 5.03. The Bertz CT molecular complexity index is 607. The molecule has 4 nitrogen and oxygen atoms in total. The summed E-state index contributed by atoms with van der Waals surface area (Å²) in [5, 5.41) is 3.52. The Morgan fingerprint density at radius 3 is 2.85 bits per heavy atom. The Morgan fingerprint density at radius 2 is 2.15 bits per heavy atom. The average molecular weight is 292 g/mol. The zero-order chi connectivity index (χ0) is 14.5. The first-order chi connectivity index (χ1) is 9.61. The summed E-state index contributed by atoms with van der Waals surface area (Å²) in [5.41, 5.74) is 7.83. The van der Waals surface area contributed by atoms with Gasteiger partial charge < -0.3 is 15.6 Å². The first-order valence-electron chi connectivity index (χ1n) is 6.59. The van der Waals surface area contributed by atoms with Crippen molar-refractivity contribution in [1.82, 2.24) is 9.88 Å². The van der Waals surface area contributed by atoms with E-state index in [1.54, 1.807) is 18.3 Å². The van der Waals surface area contributed by atoms with Crippen LogP contribution in [-0.2, 0) is 13.1 Å². The lowest BCUT2D eigenvalue weighted by molar-refractivity contribution is 0.0941. The Hall–Kier alpha value is -1.94. The molecule has 1 aromatic carbocycles. The van der Waals surface area contributed by atoms with Crippen molar-refractivity contribution in [3.05, 3.63) is 52.8 Å². The second-order valence-electron chi connectivity index (χ2n) is 4.63. The van der Waals surface area contributed by atoms with Gasteiger partial charge in [-0.1, -0.05) is 36.7 Å². The molecule has 0 atom stereocenters. The van der Waals surface area contributed by atoms with E-state index in [4.69, 9.17) is 17.3 Å². The van der Waals surface area contributed by atoms with E-state index in [1.165, 1.54) is 0 Å². The molecule has 0 saturated carbocycles. The van der Waals surface area contributed by atoms with E-state index in [2.05, 4.69) is 12.2 Å². The largest absolute Gasteiger partial charge is 0.397 e. The molecule has 0 aliphatic heterocycles. The summed E-state index contributed by atoms with van der Waals surface area (Å²) >= 11 is 6.06. The third-order valence-corrected chi connectivity index (χ3v) is 3.38. The summed E-state index contributed by atoms with van der Waals surface area (Å²) in [4.78, 5) is 12.2. The van der Waals surface area contributed by atoms with E-state index < -0.39 is 0 Å². The molecule has 3 N–H and O–H groups in total. The van der Waals surface area contributed by atoms with Crippen molar-refractivity contribution < 1.29 is 4.79 Å². The highest BCUT2D eigenvalue weighted by Gasteiger charge is 2.12. The molecule has 106 valence electrons. The number of nitrogens with zero attached hydrogens (tertiary/aromatic N) is 1. The van der Waals surface area contributed by atoms with Crippen LogP contribution in [0, 0.1) is 0 Å². The summed E-state index contributed by atoms with van der Waals surface area (Å²) in [6, 6.07) is 9.15. The van der Waals surface area contributed by atoms with Crippen molar-refractivity contribution in [2.45, 2.75) is 26.4 Å². The number of halogens is 1. The van der Waals surface area contributed by atoms with Gasteiger partial charge in [0.25, 0.3) is 5.91 Å². The van der Waals surface area contributed by atoms with Crippen molar-refractivity contribution in [2.24, 2.45) is 0 Å². The number of aromatic nitrogens is 1. The summed E-state index contributed by atoms with van der Waals surface area (Å²) in [6.07, 6.45) is 2.73. The van der Waals surface area contributed by atoms with Gasteiger partial charge in [-0.3, -0.25) is 4.79 Å². The Balaban J connectivity index is 2.07. The number of rotatable bonds is 5. The number of hydrogen-bond donors (Lipinski definition) is 2. The molecule has 1 amide bonds. The van der Waals surface area contributed by atoms with Crippen LogP contribution in [0.5, 0.6) is 0 Å². The van der Waals surface area contributed by atoms with Crippen LogP contribution in [-0.4, -0.2) is 10.5 Å². The minimum atomic E-state index is -0.143. The fourth-order valence-corrected chi connectivity index (χ4v) is 2.26. The number of nitrogens with two attached hydrogens (primary N) is 1. The van der Waals surface area contributed by atoms with E-state index >= 15 is 0 Å². The molecule has 0 bridgehead atoms. The number of carbonyl (C=O) groups is 1. The first-order valence-corrected chi connectivity index (χ1v) is 6.97. The van der Waals surface area contributed by atoms with Crippen LogP contribution in [0.2, 0.25) is 5.02 Å². The fourth-order valence-electron chi connectivity index (χ4n) is 2.06. The summed E-state index contributed by atoms with van der Waals surface area (Å²) < 4.78 is 1.87. The van der Waals surface area contributed by atoms with Crippen LogP contribution in [0.1, 0.15) is 29.4 Å². The molecular formula is C15H18ClN3O. The van der Waals surface area contributed by atoms with E-state index in [1.807, 2.05) is 22.8 Å². The highest BCUT2D eigenvalue weighted by molar-refractivity contribution is 6.31. The van der Waals surface area contributed by atoms with Gasteiger partial charge in [0, 0.05) is 24.3 Å². The topological polar surface area (TPSA) is 60.0 Å². The molecule has 1 heterocycles. The molecule has 0 spiro atoms.